The number of hydrogen-bond acceptors (Lipinski definition) is 2. The number of ether oxygens (including phenoxy) is 1. The van der Waals surface area contributed by atoms with Crippen LogP contribution in [0.25, 0.3) is 0 Å². The van der Waals surface area contributed by atoms with E-state index in [0.717, 1.165) is 31.4 Å². The summed E-state index contributed by atoms with van der Waals surface area (Å²) in [5.74, 6) is -0.778. The van der Waals surface area contributed by atoms with Crippen molar-refractivity contribution in [3.05, 3.63) is 29.3 Å². The van der Waals surface area contributed by atoms with Crippen LogP contribution in [0.3, 0.4) is 0 Å². The summed E-state index contributed by atoms with van der Waals surface area (Å²) in [5, 5.41) is 0. The lowest BCUT2D eigenvalue weighted by Crippen LogP contribution is -2.36. The van der Waals surface area contributed by atoms with Crippen molar-refractivity contribution in [3.63, 3.8) is 0 Å². The van der Waals surface area contributed by atoms with Crippen LogP contribution < -0.4 is 4.74 Å². The average molecular weight is 296 g/mol. The summed E-state index contributed by atoms with van der Waals surface area (Å²) < 4.78 is 33.6. The maximum absolute atomic E-state index is 14.0. The lowest BCUT2D eigenvalue weighted by molar-refractivity contribution is 0.0400. The third-order valence-electron chi connectivity index (χ3n) is 4.39. The molecule has 116 valence electrons. The minimum absolute atomic E-state index is 0.0187. The van der Waals surface area contributed by atoms with Crippen LogP contribution in [0.4, 0.5) is 8.78 Å². The Labute approximate surface area is 124 Å². The Hall–Kier alpha value is -1.45. The van der Waals surface area contributed by atoms with Gasteiger partial charge in [-0.15, -0.1) is 0 Å². The quantitative estimate of drug-likeness (QED) is 0.758. The lowest BCUT2D eigenvalue weighted by atomic mass is 9.75. The smallest absolute Gasteiger partial charge is 0.191 e. The minimum atomic E-state index is -0.808. The van der Waals surface area contributed by atoms with Gasteiger partial charge in [0.1, 0.15) is 12.4 Å². The van der Waals surface area contributed by atoms with E-state index in [4.69, 9.17) is 4.74 Å². The van der Waals surface area contributed by atoms with Gasteiger partial charge in [-0.2, -0.15) is 0 Å². The molecule has 1 fully saturated rings. The van der Waals surface area contributed by atoms with Gasteiger partial charge in [-0.25, -0.2) is 8.78 Å². The predicted octanol–water partition coefficient (Wildman–Crippen LogP) is 4.62. The molecule has 21 heavy (non-hydrogen) atoms. The SMILES string of the molecule is CC1CCC(C(C)C)C(Oc2c(F)cc(C=O)cc2F)C1. The number of benzene rings is 1. The van der Waals surface area contributed by atoms with Gasteiger partial charge < -0.3 is 4.74 Å². The Morgan fingerprint density at radius 1 is 1.24 bits per heavy atom. The van der Waals surface area contributed by atoms with Crippen molar-refractivity contribution in [1.29, 1.82) is 0 Å². The normalized spacial score (nSPS) is 25.9. The lowest BCUT2D eigenvalue weighted by Gasteiger charge is -2.37. The zero-order chi connectivity index (χ0) is 15.6. The molecular weight excluding hydrogens is 274 g/mol. The molecule has 2 rings (SSSR count). The van der Waals surface area contributed by atoms with E-state index in [-0.39, 0.29) is 17.4 Å². The summed E-state index contributed by atoms with van der Waals surface area (Å²) in [6.45, 7) is 6.35. The zero-order valence-corrected chi connectivity index (χ0v) is 12.7. The van der Waals surface area contributed by atoms with Crippen LogP contribution in [-0.2, 0) is 0 Å². The van der Waals surface area contributed by atoms with Crippen LogP contribution in [0.1, 0.15) is 50.4 Å². The molecule has 0 spiro atoms. The Morgan fingerprint density at radius 2 is 1.86 bits per heavy atom. The summed E-state index contributed by atoms with van der Waals surface area (Å²) in [4.78, 5) is 10.6. The van der Waals surface area contributed by atoms with Gasteiger partial charge in [-0.1, -0.05) is 27.2 Å². The Bertz CT molecular complexity index is 491. The van der Waals surface area contributed by atoms with E-state index in [0.29, 0.717) is 24.0 Å². The topological polar surface area (TPSA) is 26.3 Å². The van der Waals surface area contributed by atoms with E-state index >= 15 is 0 Å². The molecule has 1 aliphatic rings. The fraction of sp³-hybridized carbons (Fsp3) is 0.588. The molecule has 1 saturated carbocycles. The Balaban J connectivity index is 2.24. The molecule has 0 heterocycles. The standard InChI is InChI=1S/C17H22F2O2/c1-10(2)13-5-4-11(3)6-16(13)21-17-14(18)7-12(9-20)8-15(17)19/h7-11,13,16H,4-6H2,1-3H3. The Kier molecular flexibility index (Phi) is 4.96. The van der Waals surface area contributed by atoms with E-state index in [1.165, 1.54) is 0 Å². The molecule has 0 aliphatic heterocycles. The van der Waals surface area contributed by atoms with Crippen molar-refractivity contribution >= 4 is 6.29 Å². The number of carbonyl (C=O) groups excluding carboxylic acids is 1. The van der Waals surface area contributed by atoms with Crippen molar-refractivity contribution in [2.24, 2.45) is 17.8 Å². The van der Waals surface area contributed by atoms with Crippen LogP contribution in [0.5, 0.6) is 5.75 Å². The highest BCUT2D eigenvalue weighted by Crippen LogP contribution is 2.37. The van der Waals surface area contributed by atoms with Gasteiger partial charge >= 0.3 is 0 Å². The van der Waals surface area contributed by atoms with Gasteiger partial charge in [-0.3, -0.25) is 4.79 Å². The number of aldehydes is 1. The molecule has 0 bridgehead atoms. The summed E-state index contributed by atoms with van der Waals surface area (Å²) in [6, 6.07) is 2.03. The molecule has 4 heteroatoms. The molecule has 3 unspecified atom stereocenters. The molecule has 1 aliphatic carbocycles. The highest BCUT2D eigenvalue weighted by atomic mass is 19.1. The first kappa shape index (κ1) is 15.9. The van der Waals surface area contributed by atoms with Gasteiger partial charge in [0.15, 0.2) is 17.4 Å². The van der Waals surface area contributed by atoms with Gasteiger partial charge in [0, 0.05) is 5.56 Å². The maximum atomic E-state index is 14.0. The van der Waals surface area contributed by atoms with Crippen molar-refractivity contribution in [3.8, 4) is 5.75 Å². The molecule has 2 nitrogen and oxygen atoms in total. The van der Waals surface area contributed by atoms with E-state index < -0.39 is 11.6 Å². The summed E-state index contributed by atoms with van der Waals surface area (Å²) in [5.41, 5.74) is -0.0187. The number of rotatable bonds is 4. The fourth-order valence-corrected chi connectivity index (χ4v) is 3.16. The molecule has 1 aromatic carbocycles. The first-order chi connectivity index (χ1) is 9.92. The van der Waals surface area contributed by atoms with Crippen LogP contribution in [0, 0.1) is 29.4 Å². The molecule has 0 radical (unpaired) electrons. The summed E-state index contributed by atoms with van der Waals surface area (Å²) in [6.07, 6.45) is 3.18. The zero-order valence-electron chi connectivity index (χ0n) is 12.7. The average Bonchev–Trinajstić information content (AvgIpc) is 2.42. The number of carbonyl (C=O) groups is 1. The monoisotopic (exact) mass is 296 g/mol. The number of hydrogen-bond donors (Lipinski definition) is 0. The Morgan fingerprint density at radius 3 is 2.38 bits per heavy atom. The van der Waals surface area contributed by atoms with Crippen molar-refractivity contribution in [2.75, 3.05) is 0 Å². The van der Waals surface area contributed by atoms with Crippen LogP contribution >= 0.6 is 0 Å². The molecule has 0 amide bonds. The molecule has 0 saturated heterocycles. The third kappa shape index (κ3) is 3.60. The van der Waals surface area contributed by atoms with Gasteiger partial charge in [-0.05, 0) is 42.7 Å². The van der Waals surface area contributed by atoms with Crippen LogP contribution in [0.2, 0.25) is 0 Å². The molecule has 0 aromatic heterocycles. The first-order valence-corrected chi connectivity index (χ1v) is 7.53. The predicted molar refractivity (Wildman–Crippen MR) is 77.5 cm³/mol. The van der Waals surface area contributed by atoms with Gasteiger partial charge in [0.25, 0.3) is 0 Å². The largest absolute Gasteiger partial charge is 0.484 e. The summed E-state index contributed by atoms with van der Waals surface area (Å²) in [7, 11) is 0. The van der Waals surface area contributed by atoms with Gasteiger partial charge in [0.2, 0.25) is 0 Å². The second-order valence-electron chi connectivity index (χ2n) is 6.41. The van der Waals surface area contributed by atoms with E-state index in [9.17, 15) is 13.6 Å². The van der Waals surface area contributed by atoms with E-state index in [1.54, 1.807) is 0 Å². The molecule has 1 aromatic rings. The number of halogens is 2. The second-order valence-corrected chi connectivity index (χ2v) is 6.41. The van der Waals surface area contributed by atoms with Gasteiger partial charge in [0.05, 0.1) is 0 Å². The second kappa shape index (κ2) is 6.54. The minimum Gasteiger partial charge on any atom is -0.484 e. The highest BCUT2D eigenvalue weighted by molar-refractivity contribution is 5.75. The van der Waals surface area contributed by atoms with Crippen molar-refractivity contribution in [1.82, 2.24) is 0 Å². The highest BCUT2D eigenvalue weighted by Gasteiger charge is 2.33. The third-order valence-corrected chi connectivity index (χ3v) is 4.39. The molecule has 0 N–H and O–H groups in total. The van der Waals surface area contributed by atoms with Crippen molar-refractivity contribution in [2.45, 2.75) is 46.1 Å². The summed E-state index contributed by atoms with van der Waals surface area (Å²) >= 11 is 0. The molecule has 3 atom stereocenters. The van der Waals surface area contributed by atoms with Crippen LogP contribution in [-0.4, -0.2) is 12.4 Å². The van der Waals surface area contributed by atoms with Crippen molar-refractivity contribution < 1.29 is 18.3 Å². The van der Waals surface area contributed by atoms with E-state index in [2.05, 4.69) is 20.8 Å². The van der Waals surface area contributed by atoms with E-state index in [1.807, 2.05) is 0 Å². The first-order valence-electron chi connectivity index (χ1n) is 7.53. The molecular formula is C17H22F2O2. The maximum Gasteiger partial charge on any atom is 0.191 e. The fourth-order valence-electron chi connectivity index (χ4n) is 3.16. The van der Waals surface area contributed by atoms with Crippen LogP contribution in [0.15, 0.2) is 12.1 Å².